The second-order valence-corrected chi connectivity index (χ2v) is 11.9. The van der Waals surface area contributed by atoms with Crippen molar-refractivity contribution in [1.82, 2.24) is 0 Å². The number of hydrogen-bond donors (Lipinski definition) is 1. The Morgan fingerprint density at radius 3 is 2.41 bits per heavy atom. The van der Waals surface area contributed by atoms with Gasteiger partial charge in [-0.05, 0) is 61.7 Å². The lowest BCUT2D eigenvalue weighted by atomic mass is 10.0. The first-order chi connectivity index (χ1) is 13.8. The molecule has 9 heteroatoms. The van der Waals surface area contributed by atoms with Gasteiger partial charge in [0, 0.05) is 11.4 Å². The zero-order valence-electron chi connectivity index (χ0n) is 15.7. The third kappa shape index (κ3) is 3.90. The molecule has 0 saturated heterocycles. The minimum atomic E-state index is -3.73. The average Bonchev–Trinajstić information content (AvgIpc) is 3.15. The molecule has 4 rings (SSSR count). The Bertz CT molecular complexity index is 1250. The van der Waals surface area contributed by atoms with Gasteiger partial charge in [-0.1, -0.05) is 24.3 Å². The van der Waals surface area contributed by atoms with E-state index in [4.69, 9.17) is 0 Å². The molecule has 1 aromatic heterocycles. The average molecular weight is 449 g/mol. The van der Waals surface area contributed by atoms with Gasteiger partial charge in [0.05, 0.1) is 16.3 Å². The Hall–Kier alpha value is -2.36. The van der Waals surface area contributed by atoms with E-state index in [0.717, 1.165) is 16.9 Å². The Balaban J connectivity index is 1.71. The van der Waals surface area contributed by atoms with Crippen LogP contribution in [0.3, 0.4) is 0 Å². The fourth-order valence-corrected chi connectivity index (χ4v) is 7.22. The van der Waals surface area contributed by atoms with Crippen LogP contribution in [0.25, 0.3) is 0 Å². The summed E-state index contributed by atoms with van der Waals surface area (Å²) in [6, 6.07) is 16.7. The molecular weight excluding hydrogens is 428 g/mol. The second kappa shape index (κ2) is 7.47. The number of anilines is 2. The SMILES string of the molecule is Cc1ccc(S(=O)(=O)Nc2ccc3c(c2)N(S(=O)(=O)c2ccccc2)CCC3)s1. The Morgan fingerprint density at radius 2 is 1.72 bits per heavy atom. The van der Waals surface area contributed by atoms with Gasteiger partial charge >= 0.3 is 0 Å². The molecule has 2 heterocycles. The number of thiophene rings is 1. The number of sulfonamides is 2. The smallest absolute Gasteiger partial charge is 0.271 e. The van der Waals surface area contributed by atoms with Crippen LogP contribution < -0.4 is 9.03 Å². The van der Waals surface area contributed by atoms with Crippen LogP contribution in [-0.4, -0.2) is 23.4 Å². The Kier molecular flexibility index (Phi) is 5.14. The number of fused-ring (bicyclic) bond motifs is 1. The van der Waals surface area contributed by atoms with Crippen molar-refractivity contribution in [3.63, 3.8) is 0 Å². The predicted octanol–water partition coefficient (Wildman–Crippen LogP) is 4.00. The molecule has 29 heavy (non-hydrogen) atoms. The lowest BCUT2D eigenvalue weighted by Crippen LogP contribution is -2.35. The first kappa shape index (κ1) is 19.9. The van der Waals surface area contributed by atoms with Crippen LogP contribution in [0.5, 0.6) is 0 Å². The normalized spacial score (nSPS) is 14.4. The monoisotopic (exact) mass is 448 g/mol. The van der Waals surface area contributed by atoms with Crippen molar-refractivity contribution in [2.24, 2.45) is 0 Å². The van der Waals surface area contributed by atoms with Crippen molar-refractivity contribution < 1.29 is 16.8 Å². The largest absolute Gasteiger partial charge is 0.279 e. The summed E-state index contributed by atoms with van der Waals surface area (Å²) in [7, 11) is -7.45. The van der Waals surface area contributed by atoms with Gasteiger partial charge < -0.3 is 0 Å². The van der Waals surface area contributed by atoms with E-state index < -0.39 is 20.0 Å². The Labute approximate surface area is 174 Å². The lowest BCUT2D eigenvalue weighted by Gasteiger charge is -2.31. The third-order valence-corrected chi connectivity index (χ3v) is 9.43. The van der Waals surface area contributed by atoms with E-state index in [1.54, 1.807) is 60.7 Å². The van der Waals surface area contributed by atoms with Crippen LogP contribution in [0.15, 0.2) is 69.8 Å². The van der Waals surface area contributed by atoms with Gasteiger partial charge in [0.25, 0.3) is 20.0 Å². The van der Waals surface area contributed by atoms with Crippen molar-refractivity contribution in [1.29, 1.82) is 0 Å². The van der Waals surface area contributed by atoms with Gasteiger partial charge in [-0.3, -0.25) is 9.03 Å². The van der Waals surface area contributed by atoms with Gasteiger partial charge in [-0.25, -0.2) is 16.8 Å². The van der Waals surface area contributed by atoms with Crippen molar-refractivity contribution in [3.8, 4) is 0 Å². The maximum atomic E-state index is 13.2. The van der Waals surface area contributed by atoms with E-state index in [1.165, 1.54) is 15.6 Å². The van der Waals surface area contributed by atoms with E-state index in [1.807, 2.05) is 6.92 Å². The van der Waals surface area contributed by atoms with Crippen molar-refractivity contribution in [3.05, 3.63) is 71.1 Å². The van der Waals surface area contributed by atoms with Crippen molar-refractivity contribution >= 4 is 42.8 Å². The predicted molar refractivity (Wildman–Crippen MR) is 116 cm³/mol. The molecule has 2 aromatic carbocycles. The van der Waals surface area contributed by atoms with Crippen LogP contribution in [0.4, 0.5) is 11.4 Å². The number of benzene rings is 2. The summed E-state index contributed by atoms with van der Waals surface area (Å²) in [5.74, 6) is 0. The van der Waals surface area contributed by atoms with Crippen LogP contribution >= 0.6 is 11.3 Å². The van der Waals surface area contributed by atoms with Crippen LogP contribution in [0, 0.1) is 6.92 Å². The molecule has 0 aliphatic carbocycles. The molecule has 0 radical (unpaired) electrons. The highest BCUT2D eigenvalue weighted by atomic mass is 32.2. The molecule has 0 spiro atoms. The fraction of sp³-hybridized carbons (Fsp3) is 0.200. The summed E-state index contributed by atoms with van der Waals surface area (Å²) >= 11 is 1.19. The van der Waals surface area contributed by atoms with Crippen LogP contribution in [0.2, 0.25) is 0 Å². The van der Waals surface area contributed by atoms with Gasteiger partial charge in [-0.2, -0.15) is 0 Å². The number of rotatable bonds is 5. The van der Waals surface area contributed by atoms with E-state index in [9.17, 15) is 16.8 Å². The summed E-state index contributed by atoms with van der Waals surface area (Å²) < 4.78 is 55.8. The third-order valence-electron chi connectivity index (χ3n) is 4.73. The number of hydrogen-bond acceptors (Lipinski definition) is 5. The number of nitrogens with zero attached hydrogens (tertiary/aromatic N) is 1. The molecule has 0 saturated carbocycles. The molecule has 0 unspecified atom stereocenters. The fourth-order valence-electron chi connectivity index (χ4n) is 3.34. The lowest BCUT2D eigenvalue weighted by molar-refractivity contribution is 0.586. The van der Waals surface area contributed by atoms with E-state index in [-0.39, 0.29) is 9.10 Å². The van der Waals surface area contributed by atoms with Crippen LogP contribution in [0.1, 0.15) is 16.9 Å². The summed E-state index contributed by atoms with van der Waals surface area (Å²) in [6.07, 6.45) is 1.45. The van der Waals surface area contributed by atoms with Gasteiger partial charge in [0.1, 0.15) is 4.21 Å². The first-order valence-electron chi connectivity index (χ1n) is 9.07. The molecule has 6 nitrogen and oxygen atoms in total. The highest BCUT2D eigenvalue weighted by Gasteiger charge is 2.29. The second-order valence-electron chi connectivity index (χ2n) is 6.81. The summed E-state index contributed by atoms with van der Waals surface area (Å²) in [5.41, 5.74) is 1.73. The molecule has 1 N–H and O–H groups in total. The number of aryl methyl sites for hydroxylation is 2. The van der Waals surface area contributed by atoms with Gasteiger partial charge in [-0.15, -0.1) is 11.3 Å². The van der Waals surface area contributed by atoms with E-state index in [2.05, 4.69) is 4.72 Å². The minimum absolute atomic E-state index is 0.216. The zero-order chi connectivity index (χ0) is 20.6. The summed E-state index contributed by atoms with van der Waals surface area (Å²) in [4.78, 5) is 1.11. The van der Waals surface area contributed by atoms with Gasteiger partial charge in [0.15, 0.2) is 0 Å². The van der Waals surface area contributed by atoms with E-state index >= 15 is 0 Å². The molecule has 0 atom stereocenters. The maximum absolute atomic E-state index is 13.2. The standard InChI is InChI=1S/C20H20N2O4S3/c1-15-9-12-20(27-15)28(23,24)21-17-11-10-16-6-5-13-22(19(16)14-17)29(25,26)18-7-3-2-4-8-18/h2-4,7-12,14,21H,5-6,13H2,1H3. The van der Waals surface area contributed by atoms with Crippen molar-refractivity contribution in [2.45, 2.75) is 28.9 Å². The highest BCUT2D eigenvalue weighted by Crippen LogP contribution is 2.35. The molecule has 0 amide bonds. The summed E-state index contributed by atoms with van der Waals surface area (Å²) in [5, 5.41) is 0. The first-order valence-corrected chi connectivity index (χ1v) is 12.8. The highest BCUT2D eigenvalue weighted by molar-refractivity contribution is 7.94. The number of nitrogens with one attached hydrogen (secondary N) is 1. The molecular formula is C20H20N2O4S3. The molecule has 3 aromatic rings. The quantitative estimate of drug-likeness (QED) is 0.639. The minimum Gasteiger partial charge on any atom is -0.279 e. The van der Waals surface area contributed by atoms with Gasteiger partial charge in [0.2, 0.25) is 0 Å². The molecule has 152 valence electrons. The van der Waals surface area contributed by atoms with E-state index in [0.29, 0.717) is 24.3 Å². The van der Waals surface area contributed by atoms with Crippen molar-refractivity contribution in [2.75, 3.05) is 15.6 Å². The molecule has 1 aliphatic heterocycles. The molecule has 0 bridgehead atoms. The zero-order valence-corrected chi connectivity index (χ0v) is 18.1. The van der Waals surface area contributed by atoms with Crippen LogP contribution in [-0.2, 0) is 26.5 Å². The molecule has 0 fully saturated rings. The molecule has 1 aliphatic rings. The topological polar surface area (TPSA) is 83.6 Å². The summed E-state index contributed by atoms with van der Waals surface area (Å²) in [6.45, 7) is 2.19. The Morgan fingerprint density at radius 1 is 0.966 bits per heavy atom. The maximum Gasteiger partial charge on any atom is 0.271 e.